The Labute approximate surface area is 130 Å². The third kappa shape index (κ3) is 4.11. The predicted octanol–water partition coefficient (Wildman–Crippen LogP) is 2.84. The number of benzene rings is 1. The first-order valence-corrected chi connectivity index (χ1v) is 6.96. The Bertz CT molecular complexity index is 619. The molecule has 0 aliphatic carbocycles. The summed E-state index contributed by atoms with van der Waals surface area (Å²) in [4.78, 5) is 22.3. The summed E-state index contributed by atoms with van der Waals surface area (Å²) < 4.78 is 43.0. The molecule has 1 aliphatic rings. The fourth-order valence-electron chi connectivity index (χ4n) is 2.44. The number of hydrogen-bond donors (Lipinski definition) is 0. The Kier molecular flexibility index (Phi) is 4.76. The van der Waals surface area contributed by atoms with Crippen LogP contribution < -0.4 is 4.74 Å². The Morgan fingerprint density at radius 2 is 2.13 bits per heavy atom. The van der Waals surface area contributed by atoms with Crippen LogP contribution in [0.2, 0.25) is 0 Å². The third-order valence-corrected chi connectivity index (χ3v) is 3.51. The number of amides is 1. The average Bonchev–Trinajstić information content (AvgIpc) is 2.45. The molecule has 0 aromatic heterocycles. The van der Waals surface area contributed by atoms with Crippen LogP contribution in [0.25, 0.3) is 0 Å². The Morgan fingerprint density at radius 3 is 2.74 bits per heavy atom. The lowest BCUT2D eigenvalue weighted by Gasteiger charge is -2.33. The number of aryl methyl sites for hydroxylation is 1. The number of halogens is 3. The van der Waals surface area contributed by atoms with E-state index in [9.17, 15) is 28.1 Å². The molecule has 1 heterocycles. The van der Waals surface area contributed by atoms with Crippen LogP contribution in [0.1, 0.15) is 18.4 Å². The van der Waals surface area contributed by atoms with E-state index in [1.807, 2.05) is 0 Å². The number of ether oxygens (including phenoxy) is 1. The zero-order chi connectivity index (χ0) is 17.2. The first-order chi connectivity index (χ1) is 10.7. The molecule has 0 bridgehead atoms. The van der Waals surface area contributed by atoms with Crippen molar-refractivity contribution in [2.45, 2.75) is 32.0 Å². The highest BCUT2D eigenvalue weighted by molar-refractivity contribution is 5.82. The number of rotatable bonds is 3. The number of nitro benzene ring substituents is 1. The van der Waals surface area contributed by atoms with Gasteiger partial charge in [0.1, 0.15) is 6.10 Å². The number of piperidine rings is 1. The number of hydrogen-bond acceptors (Lipinski definition) is 4. The van der Waals surface area contributed by atoms with Crippen LogP contribution in [0.5, 0.6) is 5.75 Å². The summed E-state index contributed by atoms with van der Waals surface area (Å²) in [6.07, 6.45) is -4.88. The Balaban J connectivity index is 2.13. The monoisotopic (exact) mass is 332 g/mol. The average molecular weight is 332 g/mol. The zero-order valence-electron chi connectivity index (χ0n) is 12.3. The van der Waals surface area contributed by atoms with Gasteiger partial charge in [0, 0.05) is 12.6 Å². The highest BCUT2D eigenvalue weighted by Gasteiger charge is 2.44. The molecule has 0 spiro atoms. The minimum Gasteiger partial charge on any atom is -0.482 e. The second-order valence-electron chi connectivity index (χ2n) is 5.36. The highest BCUT2D eigenvalue weighted by atomic mass is 19.4. The van der Waals surface area contributed by atoms with Gasteiger partial charge >= 0.3 is 17.8 Å². The molecule has 6 nitrogen and oxygen atoms in total. The third-order valence-electron chi connectivity index (χ3n) is 3.51. The van der Waals surface area contributed by atoms with E-state index in [0.29, 0.717) is 17.7 Å². The van der Waals surface area contributed by atoms with E-state index in [-0.39, 0.29) is 24.5 Å². The summed E-state index contributed by atoms with van der Waals surface area (Å²) in [5.74, 6) is -1.91. The van der Waals surface area contributed by atoms with Gasteiger partial charge in [-0.15, -0.1) is 0 Å². The van der Waals surface area contributed by atoms with E-state index in [1.165, 1.54) is 12.1 Å². The maximum Gasteiger partial charge on any atom is 0.471 e. The Morgan fingerprint density at radius 1 is 1.43 bits per heavy atom. The molecule has 1 aliphatic heterocycles. The quantitative estimate of drug-likeness (QED) is 0.630. The molecule has 9 heteroatoms. The van der Waals surface area contributed by atoms with E-state index < -0.39 is 23.1 Å². The lowest BCUT2D eigenvalue weighted by Crippen LogP contribution is -2.49. The number of carbonyl (C=O) groups excluding carboxylic acids is 1. The molecule has 1 aromatic carbocycles. The lowest BCUT2D eigenvalue weighted by atomic mass is 10.1. The number of likely N-dealkylation sites (tertiary alicyclic amines) is 1. The highest BCUT2D eigenvalue weighted by Crippen LogP contribution is 2.30. The number of carbonyl (C=O) groups is 1. The van der Waals surface area contributed by atoms with Crippen LogP contribution in [-0.2, 0) is 4.79 Å². The summed E-state index contributed by atoms with van der Waals surface area (Å²) in [7, 11) is 0. The van der Waals surface area contributed by atoms with Crippen molar-refractivity contribution in [2.75, 3.05) is 13.1 Å². The standard InChI is InChI=1S/C14H15F3N2O4/c1-9-4-5-11(19(21)22)12(7-9)23-10-3-2-6-18(8-10)13(20)14(15,16)17/h4-5,7,10H,2-3,6,8H2,1H3/t10-/m0/s1. The molecule has 1 amide bonds. The number of nitro groups is 1. The second-order valence-corrected chi connectivity index (χ2v) is 5.36. The van der Waals surface area contributed by atoms with Gasteiger partial charge in [-0.3, -0.25) is 14.9 Å². The van der Waals surface area contributed by atoms with Crippen molar-refractivity contribution in [3.05, 3.63) is 33.9 Å². The van der Waals surface area contributed by atoms with Crippen molar-refractivity contribution in [2.24, 2.45) is 0 Å². The van der Waals surface area contributed by atoms with Crippen molar-refractivity contribution in [1.29, 1.82) is 0 Å². The smallest absolute Gasteiger partial charge is 0.471 e. The van der Waals surface area contributed by atoms with Crippen LogP contribution in [0.15, 0.2) is 18.2 Å². The molecule has 0 N–H and O–H groups in total. The summed E-state index contributed by atoms with van der Waals surface area (Å²) >= 11 is 0. The molecular weight excluding hydrogens is 317 g/mol. The summed E-state index contributed by atoms with van der Waals surface area (Å²) in [6.45, 7) is 1.47. The summed E-state index contributed by atoms with van der Waals surface area (Å²) in [6, 6.07) is 4.29. The zero-order valence-corrected chi connectivity index (χ0v) is 12.3. The van der Waals surface area contributed by atoms with Crippen molar-refractivity contribution < 1.29 is 27.6 Å². The molecule has 0 unspecified atom stereocenters. The molecule has 1 fully saturated rings. The second kappa shape index (κ2) is 6.43. The number of alkyl halides is 3. The fourth-order valence-corrected chi connectivity index (χ4v) is 2.44. The van der Waals surface area contributed by atoms with Gasteiger partial charge in [-0.1, -0.05) is 6.07 Å². The van der Waals surface area contributed by atoms with E-state index in [2.05, 4.69) is 0 Å². The van der Waals surface area contributed by atoms with Gasteiger partial charge in [0.25, 0.3) is 0 Å². The van der Waals surface area contributed by atoms with Crippen molar-refractivity contribution in [3.63, 3.8) is 0 Å². The van der Waals surface area contributed by atoms with Gasteiger partial charge in [-0.2, -0.15) is 13.2 Å². The topological polar surface area (TPSA) is 72.7 Å². The van der Waals surface area contributed by atoms with Gasteiger partial charge in [-0.25, -0.2) is 0 Å². The van der Waals surface area contributed by atoms with E-state index in [1.54, 1.807) is 13.0 Å². The largest absolute Gasteiger partial charge is 0.482 e. The van der Waals surface area contributed by atoms with E-state index in [0.717, 1.165) is 5.56 Å². The van der Waals surface area contributed by atoms with Crippen LogP contribution in [0, 0.1) is 17.0 Å². The fraction of sp³-hybridized carbons (Fsp3) is 0.500. The normalized spacial score (nSPS) is 18.6. The van der Waals surface area contributed by atoms with E-state index >= 15 is 0 Å². The van der Waals surface area contributed by atoms with Crippen LogP contribution in [0.3, 0.4) is 0 Å². The van der Waals surface area contributed by atoms with Crippen molar-refractivity contribution in [1.82, 2.24) is 4.90 Å². The van der Waals surface area contributed by atoms with Crippen LogP contribution >= 0.6 is 0 Å². The lowest BCUT2D eigenvalue weighted by molar-refractivity contribution is -0.386. The summed E-state index contributed by atoms with van der Waals surface area (Å²) in [5.41, 5.74) is 0.472. The summed E-state index contributed by atoms with van der Waals surface area (Å²) in [5, 5.41) is 11.0. The first kappa shape index (κ1) is 17.0. The SMILES string of the molecule is Cc1ccc([N+](=O)[O-])c(O[C@H]2CCCN(C(=O)C(F)(F)F)C2)c1. The van der Waals surface area contributed by atoms with Crippen LogP contribution in [0.4, 0.5) is 18.9 Å². The van der Waals surface area contributed by atoms with Crippen molar-refractivity contribution in [3.8, 4) is 5.75 Å². The minimum atomic E-state index is -4.93. The molecule has 1 aromatic rings. The van der Waals surface area contributed by atoms with Gasteiger partial charge in [0.15, 0.2) is 5.75 Å². The number of nitrogens with zero attached hydrogens (tertiary/aromatic N) is 2. The maximum atomic E-state index is 12.5. The van der Waals surface area contributed by atoms with Gasteiger partial charge in [-0.05, 0) is 31.4 Å². The molecule has 0 radical (unpaired) electrons. The van der Waals surface area contributed by atoms with Gasteiger partial charge in [0.05, 0.1) is 11.5 Å². The predicted molar refractivity (Wildman–Crippen MR) is 74.1 cm³/mol. The van der Waals surface area contributed by atoms with Crippen molar-refractivity contribution >= 4 is 11.6 Å². The minimum absolute atomic E-state index is 0.00121. The first-order valence-electron chi connectivity index (χ1n) is 6.96. The molecule has 1 atom stereocenters. The molecular formula is C14H15F3N2O4. The molecule has 23 heavy (non-hydrogen) atoms. The molecule has 1 saturated heterocycles. The van der Waals surface area contributed by atoms with Gasteiger partial charge in [0.2, 0.25) is 0 Å². The maximum absolute atomic E-state index is 12.5. The Hall–Kier alpha value is -2.32. The molecule has 2 rings (SSSR count). The van der Waals surface area contributed by atoms with Gasteiger partial charge < -0.3 is 9.64 Å². The van der Waals surface area contributed by atoms with Crippen LogP contribution in [-0.4, -0.2) is 41.1 Å². The molecule has 126 valence electrons. The van der Waals surface area contributed by atoms with E-state index in [4.69, 9.17) is 4.74 Å². The molecule has 0 saturated carbocycles.